The van der Waals surface area contributed by atoms with Crippen molar-refractivity contribution in [2.24, 2.45) is 5.84 Å². The second-order valence-electron chi connectivity index (χ2n) is 3.50. The molecule has 6 nitrogen and oxygen atoms in total. The summed E-state index contributed by atoms with van der Waals surface area (Å²) in [6.07, 6.45) is 0.976. The highest BCUT2D eigenvalue weighted by atomic mass is 19.1. The Hall–Kier alpha value is -2.41. The molecule has 0 bridgehead atoms. The molecule has 0 saturated carbocycles. The summed E-state index contributed by atoms with van der Waals surface area (Å²) >= 11 is 0. The second kappa shape index (κ2) is 5.96. The van der Waals surface area contributed by atoms with E-state index in [4.69, 9.17) is 15.3 Å². The van der Waals surface area contributed by atoms with E-state index >= 15 is 0 Å². The lowest BCUT2D eigenvalue weighted by molar-refractivity contribution is 0.337. The molecule has 2 aromatic rings. The van der Waals surface area contributed by atoms with Gasteiger partial charge in [0.2, 0.25) is 11.8 Å². The summed E-state index contributed by atoms with van der Waals surface area (Å²) in [5, 5.41) is 0. The number of nitrogen functional groups attached to an aromatic ring is 1. The van der Waals surface area contributed by atoms with Crippen LogP contribution >= 0.6 is 0 Å². The molecule has 1 heterocycles. The fourth-order valence-corrected chi connectivity index (χ4v) is 1.40. The lowest BCUT2D eigenvalue weighted by atomic mass is 10.3. The van der Waals surface area contributed by atoms with E-state index in [1.807, 2.05) is 6.92 Å². The normalized spacial score (nSPS) is 10.1. The summed E-state index contributed by atoms with van der Waals surface area (Å²) in [6.45, 7) is 2.41. The van der Waals surface area contributed by atoms with E-state index in [9.17, 15) is 4.39 Å². The van der Waals surface area contributed by atoms with Gasteiger partial charge in [0.1, 0.15) is 11.5 Å². The molecule has 19 heavy (non-hydrogen) atoms. The van der Waals surface area contributed by atoms with Gasteiger partial charge in [0.15, 0.2) is 0 Å². The number of nitrogens with two attached hydrogens (primary N) is 1. The number of nitrogens with one attached hydrogen (secondary N) is 1. The van der Waals surface area contributed by atoms with Crippen LogP contribution in [0.15, 0.2) is 30.5 Å². The third-order valence-electron chi connectivity index (χ3n) is 2.17. The first-order valence-corrected chi connectivity index (χ1v) is 5.62. The summed E-state index contributed by atoms with van der Waals surface area (Å²) in [5.74, 6) is 5.37. The second-order valence-corrected chi connectivity index (χ2v) is 3.50. The number of aromatic nitrogens is 2. The molecular formula is C12H13FN4O2. The van der Waals surface area contributed by atoms with Gasteiger partial charge in [-0.1, -0.05) is 6.07 Å². The van der Waals surface area contributed by atoms with Crippen molar-refractivity contribution in [2.75, 3.05) is 12.0 Å². The summed E-state index contributed by atoms with van der Waals surface area (Å²) in [6, 6.07) is 6.82. The predicted octanol–water partition coefficient (Wildman–Crippen LogP) is 2.09. The van der Waals surface area contributed by atoms with E-state index in [0.29, 0.717) is 18.1 Å². The zero-order valence-corrected chi connectivity index (χ0v) is 10.3. The molecule has 100 valence electrons. The molecule has 0 amide bonds. The molecule has 0 atom stereocenters. The number of ether oxygens (including phenoxy) is 2. The number of benzene rings is 1. The van der Waals surface area contributed by atoms with Gasteiger partial charge in [-0.2, -0.15) is 9.37 Å². The van der Waals surface area contributed by atoms with Gasteiger partial charge in [-0.15, -0.1) is 0 Å². The Morgan fingerprint density at radius 1 is 1.37 bits per heavy atom. The summed E-state index contributed by atoms with van der Waals surface area (Å²) in [7, 11) is 0. The van der Waals surface area contributed by atoms with Crippen LogP contribution < -0.4 is 20.7 Å². The van der Waals surface area contributed by atoms with E-state index in [-0.39, 0.29) is 11.8 Å². The Bertz CT molecular complexity index is 565. The fraction of sp³-hybridized carbons (Fsp3) is 0.167. The van der Waals surface area contributed by atoms with Gasteiger partial charge in [-0.25, -0.2) is 10.8 Å². The van der Waals surface area contributed by atoms with E-state index in [0.717, 1.165) is 6.20 Å². The average molecular weight is 264 g/mol. The quantitative estimate of drug-likeness (QED) is 0.635. The molecule has 0 aliphatic carbocycles. The average Bonchev–Trinajstić information content (AvgIpc) is 2.42. The molecule has 0 aliphatic heterocycles. The Morgan fingerprint density at radius 2 is 2.16 bits per heavy atom. The van der Waals surface area contributed by atoms with Crippen molar-refractivity contribution in [3.05, 3.63) is 36.3 Å². The van der Waals surface area contributed by atoms with Crippen LogP contribution in [0.3, 0.4) is 0 Å². The minimum absolute atomic E-state index is 0.0670. The summed E-state index contributed by atoms with van der Waals surface area (Å²) in [4.78, 5) is 7.40. The number of halogens is 1. The van der Waals surface area contributed by atoms with Crippen molar-refractivity contribution in [2.45, 2.75) is 6.92 Å². The Morgan fingerprint density at radius 3 is 2.89 bits per heavy atom. The number of hydrogen-bond donors (Lipinski definition) is 2. The molecular weight excluding hydrogens is 251 g/mol. The van der Waals surface area contributed by atoms with E-state index in [1.165, 1.54) is 0 Å². The molecule has 3 N–H and O–H groups in total. The number of hydrogen-bond acceptors (Lipinski definition) is 6. The van der Waals surface area contributed by atoms with Gasteiger partial charge in [-0.3, -0.25) is 5.43 Å². The van der Waals surface area contributed by atoms with Gasteiger partial charge < -0.3 is 9.47 Å². The molecule has 0 saturated heterocycles. The first kappa shape index (κ1) is 13.0. The van der Waals surface area contributed by atoms with Crippen LogP contribution in [0.5, 0.6) is 17.4 Å². The van der Waals surface area contributed by atoms with Crippen molar-refractivity contribution in [1.82, 2.24) is 9.97 Å². The van der Waals surface area contributed by atoms with Gasteiger partial charge in [-0.05, 0) is 19.1 Å². The molecule has 0 unspecified atom stereocenters. The highest BCUT2D eigenvalue weighted by molar-refractivity contribution is 5.36. The highest BCUT2D eigenvalue weighted by Crippen LogP contribution is 2.26. The largest absolute Gasteiger partial charge is 0.494 e. The fourth-order valence-electron chi connectivity index (χ4n) is 1.40. The van der Waals surface area contributed by atoms with Crippen LogP contribution in [0.1, 0.15) is 6.92 Å². The SMILES string of the molecule is CCOc1cccc(Oc2nc(NN)ncc2F)c1. The number of nitrogens with zero attached hydrogens (tertiary/aromatic N) is 2. The van der Waals surface area contributed by atoms with E-state index in [1.54, 1.807) is 24.3 Å². The maximum absolute atomic E-state index is 13.5. The van der Waals surface area contributed by atoms with Crippen LogP contribution in [0.4, 0.5) is 10.3 Å². The maximum atomic E-state index is 13.5. The van der Waals surface area contributed by atoms with Crippen molar-refractivity contribution in [1.29, 1.82) is 0 Å². The third-order valence-corrected chi connectivity index (χ3v) is 2.17. The first-order valence-electron chi connectivity index (χ1n) is 5.62. The lowest BCUT2D eigenvalue weighted by Crippen LogP contribution is -2.11. The maximum Gasteiger partial charge on any atom is 0.260 e. The summed E-state index contributed by atoms with van der Waals surface area (Å²) < 4.78 is 24.1. The molecule has 0 aliphatic rings. The number of hydrazine groups is 1. The van der Waals surface area contributed by atoms with Crippen LogP contribution in [0.25, 0.3) is 0 Å². The molecule has 7 heteroatoms. The van der Waals surface area contributed by atoms with Crippen molar-refractivity contribution >= 4 is 5.95 Å². The molecule has 0 radical (unpaired) electrons. The topological polar surface area (TPSA) is 82.3 Å². The van der Waals surface area contributed by atoms with Crippen LogP contribution in [0, 0.1) is 5.82 Å². The van der Waals surface area contributed by atoms with E-state index < -0.39 is 5.82 Å². The third kappa shape index (κ3) is 3.29. The van der Waals surface area contributed by atoms with Crippen molar-refractivity contribution in [3.8, 4) is 17.4 Å². The molecule has 2 rings (SSSR count). The van der Waals surface area contributed by atoms with Gasteiger partial charge in [0.25, 0.3) is 5.88 Å². The molecule has 0 fully saturated rings. The number of anilines is 1. The molecule has 0 spiro atoms. The van der Waals surface area contributed by atoms with Gasteiger partial charge >= 0.3 is 0 Å². The Labute approximate surface area is 109 Å². The monoisotopic (exact) mass is 264 g/mol. The minimum Gasteiger partial charge on any atom is -0.494 e. The Balaban J connectivity index is 2.22. The van der Waals surface area contributed by atoms with E-state index in [2.05, 4.69) is 15.4 Å². The van der Waals surface area contributed by atoms with Gasteiger partial charge in [0, 0.05) is 6.07 Å². The Kier molecular flexibility index (Phi) is 4.09. The lowest BCUT2D eigenvalue weighted by Gasteiger charge is -2.08. The highest BCUT2D eigenvalue weighted by Gasteiger charge is 2.09. The smallest absolute Gasteiger partial charge is 0.260 e. The molecule has 1 aromatic heterocycles. The van der Waals surface area contributed by atoms with Crippen molar-refractivity contribution in [3.63, 3.8) is 0 Å². The van der Waals surface area contributed by atoms with Gasteiger partial charge in [0.05, 0.1) is 12.8 Å². The predicted molar refractivity (Wildman–Crippen MR) is 67.5 cm³/mol. The first-order chi connectivity index (χ1) is 9.22. The number of rotatable bonds is 5. The minimum atomic E-state index is -0.680. The summed E-state index contributed by atoms with van der Waals surface area (Å²) in [5.41, 5.74) is 2.22. The van der Waals surface area contributed by atoms with Crippen molar-refractivity contribution < 1.29 is 13.9 Å². The zero-order chi connectivity index (χ0) is 13.7. The molecule has 1 aromatic carbocycles. The van der Waals surface area contributed by atoms with Crippen LogP contribution in [0.2, 0.25) is 0 Å². The zero-order valence-electron chi connectivity index (χ0n) is 10.3. The van der Waals surface area contributed by atoms with Crippen LogP contribution in [-0.2, 0) is 0 Å². The van der Waals surface area contributed by atoms with Crippen LogP contribution in [-0.4, -0.2) is 16.6 Å². The standard InChI is InChI=1S/C12H13FN4O2/c1-2-18-8-4-3-5-9(6-8)19-11-10(13)7-15-12(16-11)17-14/h3-7H,2,14H2,1H3,(H,15,16,17).